The van der Waals surface area contributed by atoms with Crippen LogP contribution in [-0.4, -0.2) is 42.5 Å². The van der Waals surface area contributed by atoms with Crippen molar-refractivity contribution < 1.29 is 4.39 Å². The molecule has 18 heavy (non-hydrogen) atoms. The summed E-state index contributed by atoms with van der Waals surface area (Å²) in [7, 11) is 0. The fraction of sp³-hybridized carbons (Fsp3) is 0.462. The first-order valence-electron chi connectivity index (χ1n) is 5.94. The van der Waals surface area contributed by atoms with Gasteiger partial charge in [-0.25, -0.2) is 4.39 Å². The minimum atomic E-state index is -0.163. The van der Waals surface area contributed by atoms with Gasteiger partial charge in [-0.1, -0.05) is 22.0 Å². The molecular formula is C13H15BrFN3. The molecule has 0 N–H and O–H groups in total. The van der Waals surface area contributed by atoms with Crippen LogP contribution in [0.4, 0.5) is 4.39 Å². The van der Waals surface area contributed by atoms with Gasteiger partial charge in [0.15, 0.2) is 0 Å². The van der Waals surface area contributed by atoms with Crippen LogP contribution < -0.4 is 0 Å². The van der Waals surface area contributed by atoms with Crippen LogP contribution in [0.1, 0.15) is 5.56 Å². The van der Waals surface area contributed by atoms with Crippen LogP contribution in [0.25, 0.3) is 0 Å². The maximum Gasteiger partial charge on any atom is 0.128 e. The van der Waals surface area contributed by atoms with Crippen molar-refractivity contribution in [3.8, 4) is 6.07 Å². The van der Waals surface area contributed by atoms with Crippen molar-refractivity contribution in [2.45, 2.75) is 6.54 Å². The van der Waals surface area contributed by atoms with Gasteiger partial charge in [0, 0.05) is 42.8 Å². The molecule has 0 spiro atoms. The van der Waals surface area contributed by atoms with E-state index in [0.29, 0.717) is 13.1 Å². The molecule has 0 atom stereocenters. The molecule has 1 fully saturated rings. The van der Waals surface area contributed by atoms with Gasteiger partial charge in [0.25, 0.3) is 0 Å². The molecule has 1 aliphatic rings. The highest BCUT2D eigenvalue weighted by molar-refractivity contribution is 9.10. The summed E-state index contributed by atoms with van der Waals surface area (Å²) >= 11 is 3.26. The summed E-state index contributed by atoms with van der Waals surface area (Å²) in [6.07, 6.45) is 0. The lowest BCUT2D eigenvalue weighted by atomic mass is 10.2. The summed E-state index contributed by atoms with van der Waals surface area (Å²) < 4.78 is 14.5. The van der Waals surface area contributed by atoms with Gasteiger partial charge in [-0.3, -0.25) is 9.80 Å². The predicted octanol–water partition coefficient (Wildman–Crippen LogP) is 2.23. The number of piperazine rings is 1. The minimum Gasteiger partial charge on any atom is -0.296 e. The van der Waals surface area contributed by atoms with Gasteiger partial charge >= 0.3 is 0 Å². The lowest BCUT2D eigenvalue weighted by molar-refractivity contribution is 0.137. The number of halogens is 2. The topological polar surface area (TPSA) is 30.3 Å². The molecule has 0 bridgehead atoms. The number of benzene rings is 1. The Morgan fingerprint density at radius 3 is 2.50 bits per heavy atom. The van der Waals surface area contributed by atoms with Crippen molar-refractivity contribution in [3.05, 3.63) is 34.1 Å². The van der Waals surface area contributed by atoms with Crippen molar-refractivity contribution >= 4 is 15.9 Å². The van der Waals surface area contributed by atoms with Crippen molar-refractivity contribution in [1.29, 1.82) is 5.26 Å². The van der Waals surface area contributed by atoms with Crippen molar-refractivity contribution in [2.24, 2.45) is 0 Å². The normalized spacial score (nSPS) is 17.6. The van der Waals surface area contributed by atoms with Gasteiger partial charge in [-0.2, -0.15) is 5.26 Å². The van der Waals surface area contributed by atoms with Crippen LogP contribution in [0.5, 0.6) is 0 Å². The van der Waals surface area contributed by atoms with E-state index in [-0.39, 0.29) is 5.82 Å². The average Bonchev–Trinajstić information content (AvgIpc) is 2.35. The van der Waals surface area contributed by atoms with E-state index in [1.165, 1.54) is 6.07 Å². The van der Waals surface area contributed by atoms with Crippen LogP contribution in [0.2, 0.25) is 0 Å². The van der Waals surface area contributed by atoms with Crippen LogP contribution in [0, 0.1) is 17.1 Å². The molecule has 1 saturated heterocycles. The molecule has 0 aliphatic carbocycles. The number of hydrogen-bond acceptors (Lipinski definition) is 3. The van der Waals surface area contributed by atoms with Crippen molar-refractivity contribution in [2.75, 3.05) is 32.7 Å². The van der Waals surface area contributed by atoms with E-state index in [4.69, 9.17) is 5.26 Å². The Hall–Kier alpha value is -0.960. The SMILES string of the molecule is N#CCN1CCN(Cc2ccc(Br)cc2F)CC1. The molecule has 0 amide bonds. The van der Waals surface area contributed by atoms with Gasteiger partial charge in [0.2, 0.25) is 0 Å². The molecule has 2 rings (SSSR count). The lowest BCUT2D eigenvalue weighted by Crippen LogP contribution is -2.45. The molecule has 1 heterocycles. The summed E-state index contributed by atoms with van der Waals surface area (Å²) in [6.45, 7) is 4.66. The summed E-state index contributed by atoms with van der Waals surface area (Å²) in [5, 5.41) is 8.62. The molecule has 5 heteroatoms. The molecule has 0 radical (unpaired) electrons. The van der Waals surface area contributed by atoms with E-state index >= 15 is 0 Å². The van der Waals surface area contributed by atoms with Crippen LogP contribution >= 0.6 is 15.9 Å². The largest absolute Gasteiger partial charge is 0.296 e. The van der Waals surface area contributed by atoms with Gasteiger partial charge in [0.05, 0.1) is 12.6 Å². The highest BCUT2D eigenvalue weighted by Crippen LogP contribution is 2.17. The molecular weight excluding hydrogens is 297 g/mol. The molecule has 1 aromatic carbocycles. The summed E-state index contributed by atoms with van der Waals surface area (Å²) in [6, 6.07) is 7.35. The molecule has 0 saturated carbocycles. The predicted molar refractivity (Wildman–Crippen MR) is 71.4 cm³/mol. The third-order valence-corrected chi connectivity index (χ3v) is 3.66. The van der Waals surface area contributed by atoms with E-state index < -0.39 is 0 Å². The number of nitriles is 1. The Morgan fingerprint density at radius 2 is 1.89 bits per heavy atom. The number of nitrogens with zero attached hydrogens (tertiary/aromatic N) is 3. The fourth-order valence-corrected chi connectivity index (χ4v) is 2.43. The van der Waals surface area contributed by atoms with E-state index in [1.54, 1.807) is 0 Å². The van der Waals surface area contributed by atoms with E-state index in [2.05, 4.69) is 31.8 Å². The quantitative estimate of drug-likeness (QED) is 0.802. The Bertz CT molecular complexity index is 450. The summed E-state index contributed by atoms with van der Waals surface area (Å²) in [5.41, 5.74) is 0.729. The first-order valence-corrected chi connectivity index (χ1v) is 6.74. The highest BCUT2D eigenvalue weighted by atomic mass is 79.9. The Labute approximate surface area is 115 Å². The molecule has 1 aromatic rings. The summed E-state index contributed by atoms with van der Waals surface area (Å²) in [4.78, 5) is 4.34. The van der Waals surface area contributed by atoms with Gasteiger partial charge in [-0.05, 0) is 12.1 Å². The lowest BCUT2D eigenvalue weighted by Gasteiger charge is -2.33. The van der Waals surface area contributed by atoms with Gasteiger partial charge in [-0.15, -0.1) is 0 Å². The maximum absolute atomic E-state index is 13.7. The second-order valence-electron chi connectivity index (χ2n) is 4.45. The number of rotatable bonds is 3. The van der Waals surface area contributed by atoms with E-state index in [9.17, 15) is 4.39 Å². The smallest absolute Gasteiger partial charge is 0.128 e. The van der Waals surface area contributed by atoms with E-state index in [1.807, 2.05) is 12.1 Å². The van der Waals surface area contributed by atoms with Crippen LogP contribution in [-0.2, 0) is 6.54 Å². The monoisotopic (exact) mass is 311 g/mol. The second-order valence-corrected chi connectivity index (χ2v) is 5.36. The highest BCUT2D eigenvalue weighted by Gasteiger charge is 2.17. The minimum absolute atomic E-state index is 0.163. The van der Waals surface area contributed by atoms with Gasteiger partial charge < -0.3 is 0 Å². The first kappa shape index (κ1) is 13.5. The standard InChI is InChI=1S/C13H15BrFN3/c14-12-2-1-11(13(15)9-12)10-18-7-5-17(4-3-16)6-8-18/h1-2,9H,4-8,10H2. The first-order chi connectivity index (χ1) is 8.69. The Morgan fingerprint density at radius 1 is 1.22 bits per heavy atom. The third kappa shape index (κ3) is 3.52. The zero-order valence-corrected chi connectivity index (χ0v) is 11.7. The molecule has 0 unspecified atom stereocenters. The molecule has 0 aromatic heterocycles. The van der Waals surface area contributed by atoms with Crippen LogP contribution in [0.3, 0.4) is 0 Å². The average molecular weight is 312 g/mol. The van der Waals surface area contributed by atoms with E-state index in [0.717, 1.165) is 36.2 Å². The zero-order chi connectivity index (χ0) is 13.0. The molecule has 1 aliphatic heterocycles. The Kier molecular flexibility index (Phi) is 4.70. The fourth-order valence-electron chi connectivity index (χ4n) is 2.10. The maximum atomic E-state index is 13.7. The molecule has 3 nitrogen and oxygen atoms in total. The third-order valence-electron chi connectivity index (χ3n) is 3.17. The molecule has 96 valence electrons. The summed E-state index contributed by atoms with van der Waals surface area (Å²) in [5.74, 6) is -0.163. The van der Waals surface area contributed by atoms with Crippen LogP contribution in [0.15, 0.2) is 22.7 Å². The van der Waals surface area contributed by atoms with Crippen molar-refractivity contribution in [3.63, 3.8) is 0 Å². The zero-order valence-electron chi connectivity index (χ0n) is 10.1. The Balaban J connectivity index is 1.90. The number of hydrogen-bond donors (Lipinski definition) is 0. The van der Waals surface area contributed by atoms with Crippen molar-refractivity contribution in [1.82, 2.24) is 9.80 Å². The van der Waals surface area contributed by atoms with Gasteiger partial charge in [0.1, 0.15) is 5.82 Å². The second kappa shape index (κ2) is 6.28.